The molecule has 2 rings (SSSR count). The number of carbonyl (C=O) groups is 2. The SMILES string of the molecule is COc1ccc(Cl)cc1CC(=O)Nc1cc(C(=O)NC(C)(C)C)ncn1. The molecule has 0 bridgehead atoms. The fraction of sp³-hybridized carbons (Fsp3) is 0.333. The highest BCUT2D eigenvalue weighted by molar-refractivity contribution is 6.30. The lowest BCUT2D eigenvalue weighted by atomic mass is 10.1. The van der Waals surface area contributed by atoms with Gasteiger partial charge in [-0.15, -0.1) is 0 Å². The fourth-order valence-corrected chi connectivity index (χ4v) is 2.39. The van der Waals surface area contributed by atoms with Gasteiger partial charge in [-0.3, -0.25) is 9.59 Å². The van der Waals surface area contributed by atoms with Crippen LogP contribution in [0.15, 0.2) is 30.6 Å². The minimum atomic E-state index is -0.394. The quantitative estimate of drug-likeness (QED) is 0.836. The summed E-state index contributed by atoms with van der Waals surface area (Å²) in [5.74, 6) is 0.154. The number of benzene rings is 1. The van der Waals surface area contributed by atoms with Crippen LogP contribution in [0.5, 0.6) is 5.75 Å². The standard InChI is InChI=1S/C18H21ClN4O3/c1-18(2,3)23-17(25)13-9-15(21-10-20-13)22-16(24)8-11-7-12(19)5-6-14(11)26-4/h5-7,9-10H,8H2,1-4H3,(H,23,25)(H,20,21,22,24). The Hall–Kier alpha value is -2.67. The molecule has 2 aromatic rings. The number of carbonyl (C=O) groups excluding carboxylic acids is 2. The van der Waals surface area contributed by atoms with Crippen LogP contribution < -0.4 is 15.4 Å². The van der Waals surface area contributed by atoms with Crippen LogP contribution >= 0.6 is 11.6 Å². The number of hydrogen-bond donors (Lipinski definition) is 2. The molecule has 0 fully saturated rings. The lowest BCUT2D eigenvalue weighted by Gasteiger charge is -2.20. The summed E-state index contributed by atoms with van der Waals surface area (Å²) in [5, 5.41) is 5.97. The van der Waals surface area contributed by atoms with Crippen molar-refractivity contribution in [3.8, 4) is 5.75 Å². The van der Waals surface area contributed by atoms with Crippen LogP contribution in [0.1, 0.15) is 36.8 Å². The molecule has 2 amide bonds. The van der Waals surface area contributed by atoms with E-state index in [1.54, 1.807) is 18.2 Å². The van der Waals surface area contributed by atoms with Gasteiger partial charge in [-0.2, -0.15) is 0 Å². The van der Waals surface area contributed by atoms with Gasteiger partial charge >= 0.3 is 0 Å². The van der Waals surface area contributed by atoms with E-state index in [4.69, 9.17) is 16.3 Å². The Kier molecular flexibility index (Phi) is 6.15. The van der Waals surface area contributed by atoms with Crippen LogP contribution in [0.25, 0.3) is 0 Å². The Morgan fingerprint density at radius 2 is 1.92 bits per heavy atom. The average molecular weight is 377 g/mol. The Bertz CT molecular complexity index is 818. The summed E-state index contributed by atoms with van der Waals surface area (Å²) in [6.07, 6.45) is 1.28. The van der Waals surface area contributed by atoms with Crippen molar-refractivity contribution in [2.45, 2.75) is 32.7 Å². The Morgan fingerprint density at radius 1 is 1.19 bits per heavy atom. The first-order valence-electron chi connectivity index (χ1n) is 7.95. The molecule has 0 unspecified atom stereocenters. The predicted octanol–water partition coefficient (Wildman–Crippen LogP) is 2.85. The molecule has 26 heavy (non-hydrogen) atoms. The highest BCUT2D eigenvalue weighted by Gasteiger charge is 2.17. The lowest BCUT2D eigenvalue weighted by Crippen LogP contribution is -2.41. The van der Waals surface area contributed by atoms with Crippen LogP contribution in [0.3, 0.4) is 0 Å². The molecule has 0 saturated carbocycles. The Balaban J connectivity index is 2.09. The lowest BCUT2D eigenvalue weighted by molar-refractivity contribution is -0.115. The van der Waals surface area contributed by atoms with E-state index in [0.29, 0.717) is 16.3 Å². The molecule has 1 heterocycles. The molecule has 0 aliphatic rings. The van der Waals surface area contributed by atoms with Crippen LogP contribution in [-0.4, -0.2) is 34.4 Å². The van der Waals surface area contributed by atoms with Crippen molar-refractivity contribution >= 4 is 29.2 Å². The first-order chi connectivity index (χ1) is 12.2. The molecule has 138 valence electrons. The van der Waals surface area contributed by atoms with E-state index < -0.39 is 5.54 Å². The third kappa shape index (κ3) is 5.70. The monoisotopic (exact) mass is 376 g/mol. The van der Waals surface area contributed by atoms with Gasteiger partial charge in [0.05, 0.1) is 13.5 Å². The summed E-state index contributed by atoms with van der Waals surface area (Å²) in [5.41, 5.74) is 0.428. The van der Waals surface area contributed by atoms with Crippen molar-refractivity contribution in [2.24, 2.45) is 0 Å². The molecule has 0 saturated heterocycles. The van der Waals surface area contributed by atoms with Crippen LogP contribution in [-0.2, 0) is 11.2 Å². The zero-order chi connectivity index (χ0) is 19.3. The van der Waals surface area contributed by atoms with Gasteiger partial charge < -0.3 is 15.4 Å². The van der Waals surface area contributed by atoms with E-state index in [2.05, 4.69) is 20.6 Å². The van der Waals surface area contributed by atoms with Gasteiger partial charge in [-0.05, 0) is 39.0 Å². The van der Waals surface area contributed by atoms with Gasteiger partial charge in [0, 0.05) is 22.2 Å². The number of nitrogens with one attached hydrogen (secondary N) is 2. The summed E-state index contributed by atoms with van der Waals surface area (Å²) < 4.78 is 5.23. The van der Waals surface area contributed by atoms with Gasteiger partial charge in [0.25, 0.3) is 5.91 Å². The zero-order valence-corrected chi connectivity index (χ0v) is 15.8. The van der Waals surface area contributed by atoms with Crippen LogP contribution in [0, 0.1) is 0 Å². The summed E-state index contributed by atoms with van der Waals surface area (Å²) in [6.45, 7) is 5.60. The number of hydrogen-bond acceptors (Lipinski definition) is 5. The second-order valence-electron chi connectivity index (χ2n) is 6.67. The number of anilines is 1. The topological polar surface area (TPSA) is 93.2 Å². The first kappa shape index (κ1) is 19.7. The van der Waals surface area contributed by atoms with Gasteiger partial charge in [0.1, 0.15) is 23.6 Å². The molecule has 7 nitrogen and oxygen atoms in total. The number of ether oxygens (including phenoxy) is 1. The number of halogens is 1. The normalized spacial score (nSPS) is 11.0. The van der Waals surface area contributed by atoms with Gasteiger partial charge in [0.15, 0.2) is 0 Å². The highest BCUT2D eigenvalue weighted by atomic mass is 35.5. The maximum absolute atomic E-state index is 12.3. The molecule has 0 aliphatic heterocycles. The van der Waals surface area contributed by atoms with Crippen molar-refractivity contribution in [1.29, 1.82) is 0 Å². The molecule has 0 radical (unpaired) electrons. The summed E-state index contributed by atoms with van der Waals surface area (Å²) in [7, 11) is 1.52. The Labute approximate surface area is 157 Å². The maximum atomic E-state index is 12.3. The third-order valence-electron chi connectivity index (χ3n) is 3.25. The second kappa shape index (κ2) is 8.14. The van der Waals surface area contributed by atoms with E-state index in [1.807, 2.05) is 20.8 Å². The Morgan fingerprint density at radius 3 is 2.58 bits per heavy atom. The van der Waals surface area contributed by atoms with Crippen molar-refractivity contribution in [2.75, 3.05) is 12.4 Å². The third-order valence-corrected chi connectivity index (χ3v) is 3.48. The van der Waals surface area contributed by atoms with E-state index in [0.717, 1.165) is 0 Å². The largest absolute Gasteiger partial charge is 0.496 e. The van der Waals surface area contributed by atoms with Crippen molar-refractivity contribution < 1.29 is 14.3 Å². The van der Waals surface area contributed by atoms with E-state index >= 15 is 0 Å². The predicted molar refractivity (Wildman–Crippen MR) is 99.6 cm³/mol. The molecule has 0 spiro atoms. The smallest absolute Gasteiger partial charge is 0.270 e. The van der Waals surface area contributed by atoms with E-state index in [9.17, 15) is 9.59 Å². The van der Waals surface area contributed by atoms with E-state index in [-0.39, 0.29) is 29.7 Å². The molecule has 2 N–H and O–H groups in total. The first-order valence-corrected chi connectivity index (χ1v) is 8.32. The molecule has 1 aromatic carbocycles. The summed E-state index contributed by atoms with van der Waals surface area (Å²) in [6, 6.07) is 6.48. The molecule has 8 heteroatoms. The van der Waals surface area contributed by atoms with Crippen LogP contribution in [0.4, 0.5) is 5.82 Å². The fourth-order valence-electron chi connectivity index (χ4n) is 2.20. The van der Waals surface area contributed by atoms with Gasteiger partial charge in [0.2, 0.25) is 5.91 Å². The minimum absolute atomic E-state index is 0.0528. The molecule has 0 atom stereocenters. The molecule has 1 aromatic heterocycles. The zero-order valence-electron chi connectivity index (χ0n) is 15.1. The highest BCUT2D eigenvalue weighted by Crippen LogP contribution is 2.23. The van der Waals surface area contributed by atoms with Crippen LogP contribution in [0.2, 0.25) is 5.02 Å². The molecule has 0 aliphatic carbocycles. The number of rotatable bonds is 5. The average Bonchev–Trinajstić information content (AvgIpc) is 2.53. The number of amides is 2. The molecular weight excluding hydrogens is 356 g/mol. The number of methoxy groups -OCH3 is 1. The number of nitrogens with zero attached hydrogens (tertiary/aromatic N) is 2. The number of aromatic nitrogens is 2. The van der Waals surface area contributed by atoms with Crippen molar-refractivity contribution in [3.63, 3.8) is 0 Å². The van der Waals surface area contributed by atoms with E-state index in [1.165, 1.54) is 19.5 Å². The summed E-state index contributed by atoms with van der Waals surface area (Å²) in [4.78, 5) is 32.4. The van der Waals surface area contributed by atoms with Gasteiger partial charge in [-0.25, -0.2) is 9.97 Å². The van der Waals surface area contributed by atoms with Crippen molar-refractivity contribution in [1.82, 2.24) is 15.3 Å². The minimum Gasteiger partial charge on any atom is -0.496 e. The second-order valence-corrected chi connectivity index (χ2v) is 7.11. The van der Waals surface area contributed by atoms with Gasteiger partial charge in [-0.1, -0.05) is 11.6 Å². The summed E-state index contributed by atoms with van der Waals surface area (Å²) >= 11 is 5.97. The maximum Gasteiger partial charge on any atom is 0.270 e. The van der Waals surface area contributed by atoms with Crippen molar-refractivity contribution in [3.05, 3.63) is 46.9 Å². The molecular formula is C18H21ClN4O3.